The van der Waals surface area contributed by atoms with Gasteiger partial charge in [0.05, 0.1) is 5.52 Å². The van der Waals surface area contributed by atoms with Gasteiger partial charge in [0.1, 0.15) is 17.3 Å². The number of para-hydroxylation sites is 1. The Bertz CT molecular complexity index is 1040. The molecule has 1 aliphatic rings. The second-order valence-corrected chi connectivity index (χ2v) is 8.23. The Labute approximate surface area is 161 Å². The number of aliphatic hydroxyl groups is 1. The topological polar surface area (TPSA) is 74.6 Å². The number of aliphatic hydroxyl groups excluding tert-OH is 1. The highest BCUT2D eigenvalue weighted by atomic mass is 32.1. The Morgan fingerprint density at radius 1 is 1.19 bits per heavy atom. The summed E-state index contributed by atoms with van der Waals surface area (Å²) in [4.78, 5) is 22.8. The van der Waals surface area contributed by atoms with Crippen LogP contribution in [-0.2, 0) is 4.79 Å². The number of hydrogen-bond acceptors (Lipinski definition) is 5. The lowest BCUT2D eigenvalue weighted by Gasteiger charge is -2.21. The van der Waals surface area contributed by atoms with E-state index in [4.69, 9.17) is 4.98 Å². The fourth-order valence-electron chi connectivity index (χ4n) is 3.18. The number of rotatable bonds is 4. The van der Waals surface area contributed by atoms with Crippen molar-refractivity contribution in [1.29, 1.82) is 0 Å². The molecule has 0 radical (unpaired) electrons. The van der Waals surface area contributed by atoms with Crippen LogP contribution in [0.2, 0.25) is 0 Å². The van der Waals surface area contributed by atoms with Gasteiger partial charge in [-0.05, 0) is 36.4 Å². The van der Waals surface area contributed by atoms with E-state index in [1.165, 1.54) is 11.3 Å². The van der Waals surface area contributed by atoms with Gasteiger partial charge in [0.2, 0.25) is 0 Å². The van der Waals surface area contributed by atoms with E-state index in [1.54, 1.807) is 0 Å². The van der Waals surface area contributed by atoms with Crippen molar-refractivity contribution in [3.8, 4) is 0 Å². The van der Waals surface area contributed by atoms with Crippen LogP contribution in [0, 0.1) is 5.92 Å². The fraction of sp³-hybridized carbons (Fsp3) is 0.286. The molecule has 2 aromatic heterocycles. The van der Waals surface area contributed by atoms with E-state index >= 15 is 0 Å². The predicted octanol–water partition coefficient (Wildman–Crippen LogP) is 3.67. The smallest absolute Gasteiger partial charge is 0.253 e. The number of aliphatic imine (C=N–C) groups is 1. The number of carbonyl (C=O) groups excluding carboxylic acids is 1. The summed E-state index contributed by atoms with van der Waals surface area (Å²) in [6, 6.07) is 13.5. The van der Waals surface area contributed by atoms with E-state index in [1.807, 2.05) is 68.6 Å². The van der Waals surface area contributed by atoms with Crippen LogP contribution >= 0.6 is 11.3 Å². The lowest BCUT2D eigenvalue weighted by atomic mass is 9.89. The number of pyridine rings is 1. The molecule has 2 N–H and O–H groups in total. The van der Waals surface area contributed by atoms with Crippen molar-refractivity contribution in [2.45, 2.75) is 32.4 Å². The van der Waals surface area contributed by atoms with Crippen LogP contribution in [0.1, 0.15) is 43.0 Å². The molecule has 138 valence electrons. The fourth-order valence-corrected chi connectivity index (χ4v) is 3.91. The van der Waals surface area contributed by atoms with Gasteiger partial charge >= 0.3 is 0 Å². The third-order valence-electron chi connectivity index (χ3n) is 5.24. The molecule has 6 heteroatoms. The van der Waals surface area contributed by atoms with E-state index in [9.17, 15) is 9.90 Å². The second-order valence-electron chi connectivity index (χ2n) is 7.25. The quantitative estimate of drug-likeness (QED) is 0.726. The minimum Gasteiger partial charge on any atom is -0.383 e. The van der Waals surface area contributed by atoms with E-state index in [-0.39, 0.29) is 11.8 Å². The first-order valence-corrected chi connectivity index (χ1v) is 9.81. The molecule has 1 amide bonds. The summed E-state index contributed by atoms with van der Waals surface area (Å²) >= 11 is 1.48. The zero-order valence-corrected chi connectivity index (χ0v) is 16.2. The lowest BCUT2D eigenvalue weighted by Crippen LogP contribution is -2.41. The third-order valence-corrected chi connectivity index (χ3v) is 6.17. The Morgan fingerprint density at radius 2 is 1.96 bits per heavy atom. The standard InChI is InChI=1S/C21H21N3O2S/c1-12(2)21(3)20(26)23-19(24-21)17-14(18(25)16-9-6-10-27-16)11-13-7-4-5-8-15(13)22-17/h4-12,18,25H,1-3H3,(H,23,24,26). The predicted molar refractivity (Wildman–Crippen MR) is 108 cm³/mol. The molecule has 0 saturated heterocycles. The van der Waals surface area contributed by atoms with Gasteiger partial charge in [0, 0.05) is 15.8 Å². The van der Waals surface area contributed by atoms with Gasteiger partial charge in [-0.2, -0.15) is 0 Å². The van der Waals surface area contributed by atoms with Crippen LogP contribution in [-0.4, -0.2) is 27.4 Å². The first kappa shape index (κ1) is 17.8. The Hall–Kier alpha value is -2.57. The van der Waals surface area contributed by atoms with Gasteiger partial charge in [0.25, 0.3) is 5.91 Å². The number of nitrogens with one attached hydrogen (secondary N) is 1. The van der Waals surface area contributed by atoms with Crippen molar-refractivity contribution in [3.05, 3.63) is 64.0 Å². The lowest BCUT2D eigenvalue weighted by molar-refractivity contribution is -0.124. The molecule has 0 aliphatic carbocycles. The van der Waals surface area contributed by atoms with E-state index in [2.05, 4.69) is 10.3 Å². The Balaban J connectivity index is 1.91. The summed E-state index contributed by atoms with van der Waals surface area (Å²) < 4.78 is 0. The number of fused-ring (bicyclic) bond motifs is 1. The first-order chi connectivity index (χ1) is 12.9. The van der Waals surface area contributed by atoms with Gasteiger partial charge in [-0.25, -0.2) is 9.98 Å². The van der Waals surface area contributed by atoms with Gasteiger partial charge in [0.15, 0.2) is 5.84 Å². The van der Waals surface area contributed by atoms with Crippen molar-refractivity contribution >= 4 is 34.0 Å². The number of benzene rings is 1. The highest BCUT2D eigenvalue weighted by Crippen LogP contribution is 2.33. The van der Waals surface area contributed by atoms with Crippen LogP contribution in [0.3, 0.4) is 0 Å². The van der Waals surface area contributed by atoms with Crippen LogP contribution in [0.25, 0.3) is 10.9 Å². The van der Waals surface area contributed by atoms with Gasteiger partial charge in [-0.1, -0.05) is 38.1 Å². The summed E-state index contributed by atoms with van der Waals surface area (Å²) in [7, 11) is 0. The van der Waals surface area contributed by atoms with Crippen molar-refractivity contribution in [3.63, 3.8) is 0 Å². The van der Waals surface area contributed by atoms with Gasteiger partial charge in [-0.3, -0.25) is 4.79 Å². The second kappa shape index (κ2) is 6.55. The molecule has 3 heterocycles. The van der Waals surface area contributed by atoms with E-state index in [0.29, 0.717) is 17.1 Å². The largest absolute Gasteiger partial charge is 0.383 e. The average Bonchev–Trinajstić information content (AvgIpc) is 3.29. The van der Waals surface area contributed by atoms with Gasteiger partial charge in [-0.15, -0.1) is 11.3 Å². The molecule has 4 rings (SSSR count). The summed E-state index contributed by atoms with van der Waals surface area (Å²) in [5.41, 5.74) is 1.12. The van der Waals surface area contributed by atoms with E-state index < -0.39 is 11.6 Å². The van der Waals surface area contributed by atoms with Crippen LogP contribution < -0.4 is 5.32 Å². The van der Waals surface area contributed by atoms with Crippen LogP contribution in [0.15, 0.2) is 52.8 Å². The SMILES string of the molecule is CC(C)C1(C)N=C(c2nc3ccccc3cc2C(O)c2cccs2)NC1=O. The Kier molecular flexibility index (Phi) is 4.32. The number of amides is 1. The van der Waals surface area contributed by atoms with Crippen molar-refractivity contribution in [2.24, 2.45) is 10.9 Å². The van der Waals surface area contributed by atoms with Crippen molar-refractivity contribution in [1.82, 2.24) is 10.3 Å². The van der Waals surface area contributed by atoms with Crippen molar-refractivity contribution < 1.29 is 9.90 Å². The molecular weight excluding hydrogens is 358 g/mol. The number of amidine groups is 1. The van der Waals surface area contributed by atoms with Crippen LogP contribution in [0.4, 0.5) is 0 Å². The Morgan fingerprint density at radius 3 is 2.63 bits per heavy atom. The highest BCUT2D eigenvalue weighted by molar-refractivity contribution is 7.10. The summed E-state index contributed by atoms with van der Waals surface area (Å²) in [6.07, 6.45) is -0.831. The monoisotopic (exact) mass is 379 g/mol. The maximum absolute atomic E-state index is 12.6. The maximum atomic E-state index is 12.6. The van der Waals surface area contributed by atoms with E-state index in [0.717, 1.165) is 15.8 Å². The average molecular weight is 379 g/mol. The molecule has 3 aromatic rings. The molecule has 0 bridgehead atoms. The molecule has 5 nitrogen and oxygen atoms in total. The minimum atomic E-state index is -0.839. The normalized spacial score (nSPS) is 20.8. The number of nitrogens with zero attached hydrogens (tertiary/aromatic N) is 2. The molecule has 1 aliphatic heterocycles. The molecule has 0 fully saturated rings. The van der Waals surface area contributed by atoms with Gasteiger partial charge < -0.3 is 10.4 Å². The van der Waals surface area contributed by atoms with Crippen molar-refractivity contribution in [2.75, 3.05) is 0 Å². The minimum absolute atomic E-state index is 0.0427. The molecule has 1 aromatic carbocycles. The molecule has 0 spiro atoms. The van der Waals surface area contributed by atoms with Crippen LogP contribution in [0.5, 0.6) is 0 Å². The number of thiophene rings is 1. The molecule has 2 atom stereocenters. The maximum Gasteiger partial charge on any atom is 0.253 e. The number of hydrogen-bond donors (Lipinski definition) is 2. The number of aromatic nitrogens is 1. The summed E-state index contributed by atoms with van der Waals surface area (Å²) in [6.45, 7) is 5.78. The zero-order chi connectivity index (χ0) is 19.2. The molecule has 0 saturated carbocycles. The highest BCUT2D eigenvalue weighted by Gasteiger charge is 2.43. The molecule has 2 unspecified atom stereocenters. The zero-order valence-electron chi connectivity index (χ0n) is 15.4. The number of carbonyl (C=O) groups is 1. The third kappa shape index (κ3) is 2.95. The summed E-state index contributed by atoms with van der Waals surface area (Å²) in [5, 5.41) is 16.7. The summed E-state index contributed by atoms with van der Waals surface area (Å²) in [5.74, 6) is 0.327. The molecule has 27 heavy (non-hydrogen) atoms. The molecular formula is C21H21N3O2S. The first-order valence-electron chi connectivity index (χ1n) is 8.93.